The molecule has 1 aromatic carbocycles. The molecule has 1 aliphatic heterocycles. The summed E-state index contributed by atoms with van der Waals surface area (Å²) < 4.78 is 13.8. The number of piperidine rings is 1. The van der Waals surface area contributed by atoms with Crippen molar-refractivity contribution < 1.29 is 9.18 Å². The maximum Gasteiger partial charge on any atom is 0.259 e. The molecule has 0 bridgehead atoms. The van der Waals surface area contributed by atoms with E-state index >= 15 is 0 Å². The topological polar surface area (TPSA) is 79.8 Å². The van der Waals surface area contributed by atoms with Crippen molar-refractivity contribution in [2.45, 2.75) is 18.8 Å². The minimum absolute atomic E-state index is 0. The second-order valence-corrected chi connectivity index (χ2v) is 6.99. The molecule has 1 aliphatic rings. The largest absolute Gasteiger partial charge is 0.317 e. The molecule has 0 atom stereocenters. The highest BCUT2D eigenvalue weighted by Gasteiger charge is 2.19. The van der Waals surface area contributed by atoms with Gasteiger partial charge in [0.2, 0.25) is 0 Å². The fraction of sp³-hybridized carbons (Fsp3) is 0.294. The van der Waals surface area contributed by atoms with Crippen LogP contribution in [-0.4, -0.2) is 33.9 Å². The highest BCUT2D eigenvalue weighted by Crippen LogP contribution is 2.32. The van der Waals surface area contributed by atoms with Crippen LogP contribution in [0.1, 0.15) is 34.0 Å². The number of rotatable bonds is 3. The van der Waals surface area contributed by atoms with E-state index in [1.807, 2.05) is 6.20 Å². The third-order valence-electron chi connectivity index (χ3n) is 4.27. The number of carbonyl (C=O) groups is 1. The van der Waals surface area contributed by atoms with Gasteiger partial charge in [0.05, 0.1) is 11.1 Å². The van der Waals surface area contributed by atoms with E-state index in [1.54, 1.807) is 0 Å². The van der Waals surface area contributed by atoms with Crippen molar-refractivity contribution in [2.24, 2.45) is 0 Å². The maximum atomic E-state index is 13.8. The first-order valence-corrected chi connectivity index (χ1v) is 8.90. The summed E-state index contributed by atoms with van der Waals surface area (Å²) in [6.07, 6.45) is 6.91. The number of hydrogen-bond donors (Lipinski definition) is 2. The predicted octanol–water partition coefficient (Wildman–Crippen LogP) is 3.37. The van der Waals surface area contributed by atoms with Gasteiger partial charge in [-0.3, -0.25) is 20.1 Å². The second-order valence-electron chi connectivity index (χ2n) is 5.92. The van der Waals surface area contributed by atoms with E-state index in [0.717, 1.165) is 25.9 Å². The van der Waals surface area contributed by atoms with Crippen LogP contribution in [0.15, 0.2) is 30.7 Å². The first-order chi connectivity index (χ1) is 12.2. The second kappa shape index (κ2) is 8.03. The first kappa shape index (κ1) is 18.6. The van der Waals surface area contributed by atoms with Gasteiger partial charge < -0.3 is 5.32 Å². The standard InChI is InChI=1S/C17H16FN5OS.ClH/c18-11-7-12(15-13(8-11)20-5-6-21-15)16(24)23-17-22-9-14(25-17)10-1-3-19-4-2-10;/h5-10,19H,1-4H2,(H,22,23,24);1H. The average Bonchev–Trinajstić information content (AvgIpc) is 3.10. The fourth-order valence-electron chi connectivity index (χ4n) is 3.02. The SMILES string of the molecule is Cl.O=C(Nc1ncc(C2CCNCC2)s1)c1cc(F)cc2nccnc12. The predicted molar refractivity (Wildman–Crippen MR) is 102 cm³/mol. The molecule has 1 amide bonds. The highest BCUT2D eigenvalue weighted by molar-refractivity contribution is 7.15. The van der Waals surface area contributed by atoms with E-state index in [4.69, 9.17) is 0 Å². The molecule has 2 aromatic heterocycles. The van der Waals surface area contributed by atoms with E-state index in [-0.39, 0.29) is 18.0 Å². The number of benzene rings is 1. The van der Waals surface area contributed by atoms with Gasteiger partial charge in [0, 0.05) is 29.5 Å². The van der Waals surface area contributed by atoms with Gasteiger partial charge in [-0.25, -0.2) is 9.37 Å². The Bertz CT molecular complexity index is 928. The Morgan fingerprint density at radius 1 is 1.19 bits per heavy atom. The molecule has 9 heteroatoms. The summed E-state index contributed by atoms with van der Waals surface area (Å²) in [5, 5.41) is 6.60. The first-order valence-electron chi connectivity index (χ1n) is 8.09. The molecule has 3 aromatic rings. The Labute approximate surface area is 159 Å². The number of aromatic nitrogens is 3. The van der Waals surface area contributed by atoms with Crippen molar-refractivity contribution in [1.82, 2.24) is 20.3 Å². The smallest absolute Gasteiger partial charge is 0.259 e. The molecule has 136 valence electrons. The normalized spacial score (nSPS) is 14.8. The summed E-state index contributed by atoms with van der Waals surface area (Å²) in [5.41, 5.74) is 0.875. The van der Waals surface area contributed by atoms with E-state index in [9.17, 15) is 9.18 Å². The van der Waals surface area contributed by atoms with E-state index < -0.39 is 11.7 Å². The monoisotopic (exact) mass is 393 g/mol. The highest BCUT2D eigenvalue weighted by atomic mass is 35.5. The van der Waals surface area contributed by atoms with E-state index in [2.05, 4.69) is 25.6 Å². The molecule has 0 radical (unpaired) electrons. The Balaban J connectivity index is 0.00000196. The van der Waals surface area contributed by atoms with Gasteiger partial charge in [-0.2, -0.15) is 0 Å². The fourth-order valence-corrected chi connectivity index (χ4v) is 4.00. The Morgan fingerprint density at radius 3 is 2.77 bits per heavy atom. The number of thiazole rings is 1. The molecule has 0 unspecified atom stereocenters. The van der Waals surface area contributed by atoms with Crippen molar-refractivity contribution in [3.8, 4) is 0 Å². The number of nitrogens with zero attached hydrogens (tertiary/aromatic N) is 3. The van der Waals surface area contributed by atoms with Gasteiger partial charge in [0.15, 0.2) is 5.13 Å². The zero-order valence-electron chi connectivity index (χ0n) is 13.7. The van der Waals surface area contributed by atoms with Gasteiger partial charge in [-0.1, -0.05) is 0 Å². The summed E-state index contributed by atoms with van der Waals surface area (Å²) in [6, 6.07) is 2.44. The number of fused-ring (bicyclic) bond motifs is 1. The number of hydrogen-bond acceptors (Lipinski definition) is 6. The third kappa shape index (κ3) is 3.82. The lowest BCUT2D eigenvalue weighted by molar-refractivity contribution is 0.102. The number of halogens is 2. The van der Waals surface area contributed by atoms with Crippen LogP contribution in [0.4, 0.5) is 9.52 Å². The maximum absolute atomic E-state index is 13.8. The average molecular weight is 394 g/mol. The molecule has 26 heavy (non-hydrogen) atoms. The third-order valence-corrected chi connectivity index (χ3v) is 5.34. The van der Waals surface area contributed by atoms with Crippen LogP contribution in [0.2, 0.25) is 0 Å². The van der Waals surface area contributed by atoms with E-state index in [0.29, 0.717) is 22.1 Å². The number of anilines is 1. The van der Waals surface area contributed by atoms with E-state index in [1.165, 1.54) is 40.7 Å². The lowest BCUT2D eigenvalue weighted by Gasteiger charge is -2.20. The van der Waals surface area contributed by atoms with Crippen LogP contribution in [0.5, 0.6) is 0 Å². The minimum atomic E-state index is -0.521. The van der Waals surface area contributed by atoms with Gasteiger partial charge in [0.1, 0.15) is 11.3 Å². The molecule has 3 heterocycles. The van der Waals surface area contributed by atoms with Crippen LogP contribution in [0.3, 0.4) is 0 Å². The minimum Gasteiger partial charge on any atom is -0.317 e. The summed E-state index contributed by atoms with van der Waals surface area (Å²) in [5.74, 6) is -0.478. The van der Waals surface area contributed by atoms with Gasteiger partial charge >= 0.3 is 0 Å². The molecular weight excluding hydrogens is 377 g/mol. The van der Waals surface area contributed by atoms with Crippen LogP contribution in [0.25, 0.3) is 11.0 Å². The lowest BCUT2D eigenvalue weighted by atomic mass is 9.97. The van der Waals surface area contributed by atoms with Crippen LogP contribution >= 0.6 is 23.7 Å². The van der Waals surface area contributed by atoms with Crippen molar-refractivity contribution >= 4 is 45.8 Å². The molecular formula is C17H17ClFN5OS. The van der Waals surface area contributed by atoms with Gasteiger partial charge in [0.25, 0.3) is 5.91 Å². The van der Waals surface area contributed by atoms with Gasteiger partial charge in [-0.15, -0.1) is 23.7 Å². The van der Waals surface area contributed by atoms with Crippen LogP contribution < -0.4 is 10.6 Å². The number of carbonyl (C=O) groups excluding carboxylic acids is 1. The molecule has 0 spiro atoms. The van der Waals surface area contributed by atoms with Crippen LogP contribution in [-0.2, 0) is 0 Å². The van der Waals surface area contributed by atoms with Gasteiger partial charge in [-0.05, 0) is 37.9 Å². The molecule has 0 saturated carbocycles. The molecule has 2 N–H and O–H groups in total. The Hall–Kier alpha value is -2.16. The molecule has 1 saturated heterocycles. The Kier molecular flexibility index (Phi) is 5.75. The number of amides is 1. The molecule has 0 aliphatic carbocycles. The zero-order chi connectivity index (χ0) is 17.2. The summed E-state index contributed by atoms with van der Waals surface area (Å²) in [7, 11) is 0. The zero-order valence-corrected chi connectivity index (χ0v) is 15.4. The van der Waals surface area contributed by atoms with Crippen LogP contribution in [0, 0.1) is 5.82 Å². The molecule has 6 nitrogen and oxygen atoms in total. The van der Waals surface area contributed by atoms with Crippen molar-refractivity contribution in [1.29, 1.82) is 0 Å². The molecule has 1 fully saturated rings. The quantitative estimate of drug-likeness (QED) is 0.713. The summed E-state index contributed by atoms with van der Waals surface area (Å²) >= 11 is 1.47. The number of nitrogens with one attached hydrogen (secondary N) is 2. The molecule has 4 rings (SSSR count). The Morgan fingerprint density at radius 2 is 1.96 bits per heavy atom. The summed E-state index contributed by atoms with van der Waals surface area (Å²) in [6.45, 7) is 2.00. The summed E-state index contributed by atoms with van der Waals surface area (Å²) in [4.78, 5) is 26.2. The van der Waals surface area contributed by atoms with Crippen molar-refractivity contribution in [2.75, 3.05) is 18.4 Å². The van der Waals surface area contributed by atoms with Crippen molar-refractivity contribution in [3.05, 3.63) is 47.0 Å². The lowest BCUT2D eigenvalue weighted by Crippen LogP contribution is -2.26. The van der Waals surface area contributed by atoms with Crippen molar-refractivity contribution in [3.63, 3.8) is 0 Å².